The number of aliphatic hydroxyl groups excluding tert-OH is 5. The standard InChI is InChI=1S/C34H47N5O9/c1-20(2)8-7-9-21(3)13-16-39-26-12-11-23(35-31(44)30-28(42)27(41)29(43)32(45)48-30)18-25(26)34(47,33(39)46)22(4)10-5-6-15-38-19-24(14-17-40)36-37-38/h5,8,10-13,18-19,22,27-30,32,40-43,45,47H,6-7,9,14-17H2,1-4H3,(H,35,44)/b10-5+,21-13+/t22-,27+,28+,29-,30+,32-,34+/m1/s1. The first kappa shape index (κ1) is 37.1. The number of amides is 2. The predicted molar refractivity (Wildman–Crippen MR) is 176 cm³/mol. The Labute approximate surface area is 279 Å². The highest BCUT2D eigenvalue weighted by Crippen LogP contribution is 2.46. The highest BCUT2D eigenvalue weighted by atomic mass is 16.6. The number of ether oxygens (including phenoxy) is 1. The van der Waals surface area contributed by atoms with E-state index in [9.17, 15) is 35.1 Å². The molecule has 0 aliphatic carbocycles. The fourth-order valence-corrected chi connectivity index (χ4v) is 5.76. The van der Waals surface area contributed by atoms with Crippen molar-refractivity contribution in [1.29, 1.82) is 0 Å². The van der Waals surface area contributed by atoms with Gasteiger partial charge in [-0.3, -0.25) is 14.3 Å². The van der Waals surface area contributed by atoms with E-state index in [4.69, 9.17) is 9.84 Å². The molecule has 2 amide bonds. The number of nitrogens with zero attached hydrogens (tertiary/aromatic N) is 4. The highest BCUT2D eigenvalue weighted by Gasteiger charge is 2.52. The molecule has 0 unspecified atom stereocenters. The molecule has 2 aliphatic rings. The Morgan fingerprint density at radius 2 is 1.85 bits per heavy atom. The monoisotopic (exact) mass is 669 g/mol. The molecule has 0 radical (unpaired) electrons. The molecule has 48 heavy (non-hydrogen) atoms. The second kappa shape index (κ2) is 16.1. The first-order valence-corrected chi connectivity index (χ1v) is 16.1. The van der Waals surface area contributed by atoms with Crippen molar-refractivity contribution in [3.63, 3.8) is 0 Å². The van der Waals surface area contributed by atoms with Crippen molar-refractivity contribution in [3.8, 4) is 0 Å². The van der Waals surface area contributed by atoms with Crippen molar-refractivity contribution >= 4 is 23.2 Å². The van der Waals surface area contributed by atoms with Crippen molar-refractivity contribution < 1.29 is 45.0 Å². The maximum Gasteiger partial charge on any atom is 0.264 e. The Hall–Kier alpha value is -3.76. The molecule has 2 aliphatic heterocycles. The minimum atomic E-state index is -1.99. The summed E-state index contributed by atoms with van der Waals surface area (Å²) in [5.41, 5.74) is 1.91. The minimum absolute atomic E-state index is 0.0232. The van der Waals surface area contributed by atoms with Gasteiger partial charge in [-0.1, -0.05) is 47.6 Å². The lowest BCUT2D eigenvalue weighted by Crippen LogP contribution is -2.60. The number of hydrogen-bond acceptors (Lipinski definition) is 11. The van der Waals surface area contributed by atoms with Crippen LogP contribution in [0.15, 0.2) is 59.8 Å². The van der Waals surface area contributed by atoms with E-state index in [1.165, 1.54) is 22.6 Å². The maximum absolute atomic E-state index is 14.0. The van der Waals surface area contributed by atoms with Gasteiger partial charge >= 0.3 is 0 Å². The lowest BCUT2D eigenvalue weighted by molar-refractivity contribution is -0.274. The van der Waals surface area contributed by atoms with Gasteiger partial charge in [0.05, 0.1) is 11.4 Å². The molecule has 3 heterocycles. The van der Waals surface area contributed by atoms with E-state index in [-0.39, 0.29) is 24.4 Å². The minimum Gasteiger partial charge on any atom is -0.396 e. The summed E-state index contributed by atoms with van der Waals surface area (Å²) < 4.78 is 6.70. The number of anilines is 2. The van der Waals surface area contributed by atoms with Gasteiger partial charge in [-0.15, -0.1) is 5.10 Å². The van der Waals surface area contributed by atoms with E-state index in [1.807, 2.05) is 32.9 Å². The third-order valence-electron chi connectivity index (χ3n) is 8.66. The normalized spacial score (nSPS) is 26.5. The van der Waals surface area contributed by atoms with E-state index in [0.29, 0.717) is 30.8 Å². The number of carbonyl (C=O) groups excluding carboxylic acids is 2. The summed E-state index contributed by atoms with van der Waals surface area (Å²) in [6, 6.07) is 4.63. The Morgan fingerprint density at radius 3 is 2.56 bits per heavy atom. The fraction of sp³-hybridized carbons (Fsp3) is 0.529. The Balaban J connectivity index is 1.57. The number of nitrogens with one attached hydrogen (secondary N) is 1. The van der Waals surface area contributed by atoms with Crippen LogP contribution in [0.3, 0.4) is 0 Å². The number of benzene rings is 1. The van der Waals surface area contributed by atoms with Gasteiger partial charge in [0.25, 0.3) is 11.8 Å². The zero-order valence-corrected chi connectivity index (χ0v) is 27.7. The Morgan fingerprint density at radius 1 is 1.10 bits per heavy atom. The van der Waals surface area contributed by atoms with Crippen LogP contribution in [-0.4, -0.2) is 101 Å². The molecular weight excluding hydrogens is 622 g/mol. The number of aryl methyl sites for hydroxylation is 1. The largest absolute Gasteiger partial charge is 0.396 e. The van der Waals surface area contributed by atoms with Crippen molar-refractivity contribution in [1.82, 2.24) is 15.0 Å². The van der Waals surface area contributed by atoms with Crippen molar-refractivity contribution in [2.24, 2.45) is 5.92 Å². The molecule has 4 rings (SSSR count). The Kier molecular flexibility index (Phi) is 12.4. The van der Waals surface area contributed by atoms with Gasteiger partial charge in [0, 0.05) is 49.5 Å². The lowest BCUT2D eigenvalue weighted by Gasteiger charge is -2.37. The third-order valence-corrected chi connectivity index (χ3v) is 8.66. The summed E-state index contributed by atoms with van der Waals surface area (Å²) in [4.78, 5) is 28.6. The summed E-state index contributed by atoms with van der Waals surface area (Å²) in [5, 5.41) is 71.8. The highest BCUT2D eigenvalue weighted by molar-refractivity contribution is 6.08. The van der Waals surface area contributed by atoms with E-state index < -0.39 is 54.0 Å². The summed E-state index contributed by atoms with van der Waals surface area (Å²) in [6.07, 6.45) is 3.05. The number of aromatic nitrogens is 3. The molecule has 14 nitrogen and oxygen atoms in total. The summed E-state index contributed by atoms with van der Waals surface area (Å²) in [5.74, 6) is -2.13. The van der Waals surface area contributed by atoms with E-state index in [1.54, 1.807) is 29.9 Å². The van der Waals surface area contributed by atoms with Crippen molar-refractivity contribution in [2.75, 3.05) is 23.4 Å². The van der Waals surface area contributed by atoms with Crippen LogP contribution in [0, 0.1) is 5.92 Å². The van der Waals surface area contributed by atoms with Gasteiger partial charge in [0.15, 0.2) is 18.0 Å². The molecule has 0 spiro atoms. The van der Waals surface area contributed by atoms with Crippen LogP contribution in [0.25, 0.3) is 0 Å². The van der Waals surface area contributed by atoms with Crippen LogP contribution in [0.4, 0.5) is 11.4 Å². The lowest BCUT2D eigenvalue weighted by atomic mass is 9.82. The van der Waals surface area contributed by atoms with Gasteiger partial charge in [-0.25, -0.2) is 0 Å². The molecule has 1 fully saturated rings. The number of allylic oxidation sites excluding steroid dienone is 4. The van der Waals surface area contributed by atoms with Gasteiger partial charge in [-0.05, 0) is 58.2 Å². The smallest absolute Gasteiger partial charge is 0.264 e. The summed E-state index contributed by atoms with van der Waals surface area (Å²) >= 11 is 0. The first-order valence-electron chi connectivity index (χ1n) is 16.1. The molecule has 1 saturated heterocycles. The van der Waals surface area contributed by atoms with Crippen LogP contribution in [-0.2, 0) is 32.9 Å². The van der Waals surface area contributed by atoms with Crippen molar-refractivity contribution in [3.05, 3.63) is 71.1 Å². The quantitative estimate of drug-likeness (QED) is 0.141. The molecule has 1 aromatic heterocycles. The van der Waals surface area contributed by atoms with E-state index in [2.05, 4.69) is 21.7 Å². The fourth-order valence-electron chi connectivity index (χ4n) is 5.76. The van der Waals surface area contributed by atoms with Gasteiger partial charge < -0.3 is 45.6 Å². The molecule has 262 valence electrons. The predicted octanol–water partition coefficient (Wildman–Crippen LogP) is 1.06. The average Bonchev–Trinajstić information content (AvgIpc) is 3.58. The van der Waals surface area contributed by atoms with Gasteiger partial charge in [0.1, 0.15) is 18.3 Å². The number of fused-ring (bicyclic) bond motifs is 1. The Bertz CT molecular complexity index is 1530. The summed E-state index contributed by atoms with van der Waals surface area (Å²) in [6.45, 7) is 8.49. The topological polar surface area (TPSA) is 211 Å². The van der Waals surface area contributed by atoms with Gasteiger partial charge in [0.2, 0.25) is 0 Å². The van der Waals surface area contributed by atoms with Crippen LogP contribution in [0.2, 0.25) is 0 Å². The van der Waals surface area contributed by atoms with Crippen LogP contribution in [0.5, 0.6) is 0 Å². The molecular formula is C34H47N5O9. The third kappa shape index (κ3) is 8.26. The maximum atomic E-state index is 14.0. The molecule has 1 aromatic carbocycles. The molecule has 7 N–H and O–H groups in total. The second-order valence-corrected chi connectivity index (χ2v) is 12.6. The van der Waals surface area contributed by atoms with E-state index in [0.717, 1.165) is 18.4 Å². The number of carbonyl (C=O) groups is 2. The van der Waals surface area contributed by atoms with Crippen LogP contribution < -0.4 is 10.2 Å². The first-order chi connectivity index (χ1) is 22.8. The molecule has 7 atom stereocenters. The second-order valence-electron chi connectivity index (χ2n) is 12.6. The number of rotatable bonds is 14. The average molecular weight is 670 g/mol. The molecule has 14 heteroatoms. The number of aliphatic hydroxyl groups is 6. The SMILES string of the molecule is CC(C)=CCC/C(C)=C/CN1C(=O)[C@](O)([C@H](C)/C=C/CCn2cc(CCO)nn2)c2cc(NC(=O)[C@H]3O[C@@H](O)[C@H](O)[C@@H](O)[C@@H]3O)ccc21. The molecule has 0 bridgehead atoms. The zero-order chi connectivity index (χ0) is 35.2. The molecule has 2 aromatic rings. The number of hydrogen-bond donors (Lipinski definition) is 7. The summed E-state index contributed by atoms with van der Waals surface area (Å²) in [7, 11) is 0. The van der Waals surface area contributed by atoms with Crippen LogP contribution >= 0.6 is 0 Å². The van der Waals surface area contributed by atoms with Crippen LogP contribution in [0.1, 0.15) is 58.2 Å². The van der Waals surface area contributed by atoms with Gasteiger partial charge in [-0.2, -0.15) is 0 Å². The van der Waals surface area contributed by atoms with E-state index >= 15 is 0 Å². The van der Waals surface area contributed by atoms with Crippen molar-refractivity contribution in [2.45, 2.75) is 96.2 Å². The zero-order valence-electron chi connectivity index (χ0n) is 27.7. The molecule has 0 saturated carbocycles.